The van der Waals surface area contributed by atoms with Crippen LogP contribution in [0.15, 0.2) is 53.5 Å². The standard InChI is InChI=1S/C20H14F3N3O3S/c1-29-13-5-6-15-16(8-13)30-19-25-10-14(18(28)26(15)19)17(27)24-9-11-3-2-4-12(7-11)20(21,22)23/h2-8,10H,9H2,1H3,(H,24,27). The lowest BCUT2D eigenvalue weighted by Gasteiger charge is -2.09. The Labute approximate surface area is 171 Å². The molecule has 0 saturated heterocycles. The van der Waals surface area contributed by atoms with Crippen LogP contribution in [-0.4, -0.2) is 22.4 Å². The van der Waals surface area contributed by atoms with Crippen LogP contribution in [0.5, 0.6) is 5.75 Å². The van der Waals surface area contributed by atoms with Crippen molar-refractivity contribution in [2.45, 2.75) is 12.7 Å². The van der Waals surface area contributed by atoms with E-state index >= 15 is 0 Å². The quantitative estimate of drug-likeness (QED) is 0.531. The first-order valence-electron chi connectivity index (χ1n) is 8.70. The van der Waals surface area contributed by atoms with Crippen molar-refractivity contribution in [1.29, 1.82) is 0 Å². The molecule has 0 aliphatic rings. The lowest BCUT2D eigenvalue weighted by atomic mass is 10.1. The number of hydrogen-bond acceptors (Lipinski definition) is 5. The zero-order chi connectivity index (χ0) is 21.5. The van der Waals surface area contributed by atoms with E-state index in [1.807, 2.05) is 0 Å². The number of fused-ring (bicyclic) bond motifs is 3. The Morgan fingerprint density at radius 1 is 1.23 bits per heavy atom. The molecule has 2 aromatic carbocycles. The van der Waals surface area contributed by atoms with Gasteiger partial charge in [0.15, 0.2) is 4.96 Å². The molecule has 0 bridgehead atoms. The number of ether oxygens (including phenoxy) is 1. The first-order chi connectivity index (χ1) is 14.3. The number of nitrogens with zero attached hydrogens (tertiary/aromatic N) is 2. The van der Waals surface area contributed by atoms with Gasteiger partial charge in [-0.25, -0.2) is 4.98 Å². The van der Waals surface area contributed by atoms with E-state index in [1.165, 1.54) is 41.2 Å². The minimum absolute atomic E-state index is 0.160. The Morgan fingerprint density at radius 2 is 2.03 bits per heavy atom. The molecule has 0 spiro atoms. The van der Waals surface area contributed by atoms with Gasteiger partial charge in [0.1, 0.15) is 11.3 Å². The predicted molar refractivity (Wildman–Crippen MR) is 106 cm³/mol. The maximum absolute atomic E-state index is 12.9. The van der Waals surface area contributed by atoms with E-state index in [0.29, 0.717) is 16.2 Å². The zero-order valence-corrected chi connectivity index (χ0v) is 16.3. The molecule has 4 aromatic rings. The number of hydrogen-bond donors (Lipinski definition) is 1. The fourth-order valence-electron chi connectivity index (χ4n) is 3.00. The van der Waals surface area contributed by atoms with Gasteiger partial charge in [0.2, 0.25) is 0 Å². The van der Waals surface area contributed by atoms with Crippen molar-refractivity contribution in [1.82, 2.24) is 14.7 Å². The average molecular weight is 433 g/mol. The summed E-state index contributed by atoms with van der Waals surface area (Å²) < 4.78 is 45.8. The molecule has 2 aromatic heterocycles. The first-order valence-corrected chi connectivity index (χ1v) is 9.52. The van der Waals surface area contributed by atoms with Gasteiger partial charge in [-0.15, -0.1) is 0 Å². The monoisotopic (exact) mass is 433 g/mol. The highest BCUT2D eigenvalue weighted by molar-refractivity contribution is 7.23. The maximum atomic E-state index is 12.9. The molecule has 4 rings (SSSR count). The third-order valence-electron chi connectivity index (χ3n) is 4.49. The smallest absolute Gasteiger partial charge is 0.416 e. The van der Waals surface area contributed by atoms with Crippen LogP contribution in [0.25, 0.3) is 15.2 Å². The third kappa shape index (κ3) is 3.61. The number of alkyl halides is 3. The lowest BCUT2D eigenvalue weighted by molar-refractivity contribution is -0.137. The van der Waals surface area contributed by atoms with Crippen molar-refractivity contribution < 1.29 is 22.7 Å². The van der Waals surface area contributed by atoms with Gasteiger partial charge in [-0.2, -0.15) is 13.2 Å². The number of halogens is 3. The minimum atomic E-state index is -4.48. The Balaban J connectivity index is 1.63. The molecule has 0 atom stereocenters. The maximum Gasteiger partial charge on any atom is 0.416 e. The fraction of sp³-hybridized carbons (Fsp3) is 0.150. The van der Waals surface area contributed by atoms with E-state index in [1.54, 1.807) is 18.2 Å². The van der Waals surface area contributed by atoms with Gasteiger partial charge >= 0.3 is 6.18 Å². The SMILES string of the molecule is COc1ccc2c(c1)sc1ncc(C(=O)NCc3cccc(C(F)(F)F)c3)c(=O)n12. The lowest BCUT2D eigenvalue weighted by Crippen LogP contribution is -2.31. The predicted octanol–water partition coefficient (Wildman–Crippen LogP) is 3.87. The van der Waals surface area contributed by atoms with E-state index in [4.69, 9.17) is 4.74 Å². The van der Waals surface area contributed by atoms with Crippen molar-refractivity contribution in [3.05, 3.63) is 75.7 Å². The third-order valence-corrected chi connectivity index (χ3v) is 5.51. The van der Waals surface area contributed by atoms with Gasteiger partial charge in [0.25, 0.3) is 11.5 Å². The fourth-order valence-corrected chi connectivity index (χ4v) is 4.02. The van der Waals surface area contributed by atoms with Crippen LogP contribution in [0.4, 0.5) is 13.2 Å². The molecule has 154 valence electrons. The number of aromatic nitrogens is 2. The van der Waals surface area contributed by atoms with Gasteiger partial charge in [0, 0.05) is 12.7 Å². The van der Waals surface area contributed by atoms with Gasteiger partial charge in [-0.3, -0.25) is 14.0 Å². The number of rotatable bonds is 4. The van der Waals surface area contributed by atoms with Crippen molar-refractivity contribution in [3.8, 4) is 5.75 Å². The van der Waals surface area contributed by atoms with Gasteiger partial charge in [0.05, 0.1) is 22.9 Å². The van der Waals surface area contributed by atoms with Gasteiger partial charge in [-0.05, 0) is 35.9 Å². The molecule has 0 aliphatic carbocycles. The van der Waals surface area contributed by atoms with E-state index in [2.05, 4.69) is 10.3 Å². The number of carbonyl (C=O) groups is 1. The van der Waals surface area contributed by atoms with Gasteiger partial charge in [-0.1, -0.05) is 23.5 Å². The second-order valence-electron chi connectivity index (χ2n) is 6.41. The Kier molecular flexibility index (Phi) is 4.94. The van der Waals surface area contributed by atoms with E-state index in [9.17, 15) is 22.8 Å². The highest BCUT2D eigenvalue weighted by Crippen LogP contribution is 2.30. The molecule has 6 nitrogen and oxygen atoms in total. The molecule has 30 heavy (non-hydrogen) atoms. The number of nitrogens with one attached hydrogen (secondary N) is 1. The summed E-state index contributed by atoms with van der Waals surface area (Å²) in [6, 6.07) is 9.79. The van der Waals surface area contributed by atoms with Crippen LogP contribution < -0.4 is 15.6 Å². The normalized spacial score (nSPS) is 11.7. The number of carbonyl (C=O) groups excluding carboxylic acids is 1. The molecule has 0 radical (unpaired) electrons. The number of benzene rings is 2. The summed E-state index contributed by atoms with van der Waals surface area (Å²) in [5.41, 5.74) is -0.716. The molecule has 0 aliphatic heterocycles. The summed E-state index contributed by atoms with van der Waals surface area (Å²) in [5, 5.41) is 2.48. The van der Waals surface area contributed by atoms with Crippen molar-refractivity contribution in [2.24, 2.45) is 0 Å². The Bertz CT molecular complexity index is 1330. The van der Waals surface area contributed by atoms with Crippen LogP contribution in [0.2, 0.25) is 0 Å². The number of methoxy groups -OCH3 is 1. The number of thiazole rings is 1. The largest absolute Gasteiger partial charge is 0.497 e. The van der Waals surface area contributed by atoms with Crippen molar-refractivity contribution >= 4 is 32.4 Å². The molecule has 10 heteroatoms. The summed E-state index contributed by atoms with van der Waals surface area (Å²) in [7, 11) is 1.53. The van der Waals surface area contributed by atoms with Crippen LogP contribution >= 0.6 is 11.3 Å². The first kappa shape index (κ1) is 19.9. The Morgan fingerprint density at radius 3 is 2.77 bits per heavy atom. The van der Waals surface area contributed by atoms with Crippen LogP contribution in [0.3, 0.4) is 0 Å². The highest BCUT2D eigenvalue weighted by atomic mass is 32.1. The van der Waals surface area contributed by atoms with E-state index < -0.39 is 23.2 Å². The second-order valence-corrected chi connectivity index (χ2v) is 7.42. The summed E-state index contributed by atoms with van der Waals surface area (Å²) >= 11 is 1.27. The zero-order valence-electron chi connectivity index (χ0n) is 15.5. The molecular weight excluding hydrogens is 419 g/mol. The van der Waals surface area contributed by atoms with E-state index in [-0.39, 0.29) is 17.7 Å². The summed E-state index contributed by atoms with van der Waals surface area (Å²) in [6.45, 7) is -0.160. The summed E-state index contributed by atoms with van der Waals surface area (Å²) in [4.78, 5) is 30.0. The average Bonchev–Trinajstić information content (AvgIpc) is 3.10. The topological polar surface area (TPSA) is 72.7 Å². The Hall–Kier alpha value is -3.40. The van der Waals surface area contributed by atoms with Crippen molar-refractivity contribution in [2.75, 3.05) is 7.11 Å². The highest BCUT2D eigenvalue weighted by Gasteiger charge is 2.30. The minimum Gasteiger partial charge on any atom is -0.497 e. The van der Waals surface area contributed by atoms with Crippen LogP contribution in [0.1, 0.15) is 21.5 Å². The molecular formula is C20H14F3N3O3S. The van der Waals surface area contributed by atoms with Crippen LogP contribution in [-0.2, 0) is 12.7 Å². The summed E-state index contributed by atoms with van der Waals surface area (Å²) in [5.74, 6) is -0.0895. The molecule has 1 amide bonds. The van der Waals surface area contributed by atoms with E-state index in [0.717, 1.165) is 16.8 Å². The molecule has 0 unspecified atom stereocenters. The molecule has 2 heterocycles. The summed E-state index contributed by atoms with van der Waals surface area (Å²) in [6.07, 6.45) is -3.30. The van der Waals surface area contributed by atoms with Gasteiger partial charge < -0.3 is 10.1 Å². The second kappa shape index (κ2) is 7.45. The van der Waals surface area contributed by atoms with Crippen LogP contribution in [0, 0.1) is 0 Å². The number of amides is 1. The molecule has 0 fully saturated rings. The molecule has 1 N–H and O–H groups in total. The van der Waals surface area contributed by atoms with Crippen molar-refractivity contribution in [3.63, 3.8) is 0 Å². The molecule has 0 saturated carbocycles.